The van der Waals surface area contributed by atoms with Gasteiger partial charge in [-0.25, -0.2) is 4.68 Å². The first-order valence-electron chi connectivity index (χ1n) is 6.28. The Morgan fingerprint density at radius 3 is 2.83 bits per heavy atom. The molecule has 0 amide bonds. The van der Waals surface area contributed by atoms with E-state index in [1.54, 1.807) is 12.3 Å². The zero-order valence-electron chi connectivity index (χ0n) is 10.9. The molecule has 1 N–H and O–H groups in total. The fourth-order valence-electron chi connectivity index (χ4n) is 1.91. The number of hydrogen-bond donors (Lipinski definition) is 1. The Kier molecular flexibility index (Phi) is 4.33. The van der Waals surface area contributed by atoms with Gasteiger partial charge in [-0.15, -0.1) is 0 Å². The standard InChI is InChI=1S/C12H20N4O2/c1-10(13-2)9-16-12(17)7-11(8-14-16)15-3-5-18-6-4-15/h7-8,10,13H,3-6,9H2,1-2H3. The van der Waals surface area contributed by atoms with E-state index in [2.05, 4.69) is 15.3 Å². The van der Waals surface area contributed by atoms with E-state index in [4.69, 9.17) is 4.74 Å². The Hall–Kier alpha value is -1.40. The summed E-state index contributed by atoms with van der Waals surface area (Å²) in [4.78, 5) is 14.1. The molecule has 0 bridgehead atoms. The zero-order valence-corrected chi connectivity index (χ0v) is 10.9. The lowest BCUT2D eigenvalue weighted by atomic mass is 10.3. The molecule has 100 valence electrons. The number of likely N-dealkylation sites (N-methyl/N-ethyl adjacent to an activating group) is 1. The van der Waals surface area contributed by atoms with E-state index in [1.165, 1.54) is 4.68 Å². The molecule has 18 heavy (non-hydrogen) atoms. The molecular formula is C12H20N4O2. The SMILES string of the molecule is CNC(C)Cn1ncc(N2CCOCC2)cc1=O. The van der Waals surface area contributed by atoms with Gasteiger partial charge in [0.2, 0.25) is 0 Å². The predicted octanol–water partition coefficient (Wildman–Crippen LogP) is -0.312. The first-order chi connectivity index (χ1) is 8.70. The third-order valence-corrected chi connectivity index (χ3v) is 3.17. The van der Waals surface area contributed by atoms with Crippen LogP contribution in [0.4, 0.5) is 5.69 Å². The van der Waals surface area contributed by atoms with Crippen LogP contribution in [0.2, 0.25) is 0 Å². The Balaban J connectivity index is 2.11. The smallest absolute Gasteiger partial charge is 0.268 e. The second-order valence-corrected chi connectivity index (χ2v) is 4.52. The molecule has 1 saturated heterocycles. The van der Waals surface area contributed by atoms with Gasteiger partial charge in [0.25, 0.3) is 5.56 Å². The number of nitrogens with zero attached hydrogens (tertiary/aromatic N) is 3. The molecule has 0 spiro atoms. The maximum absolute atomic E-state index is 11.9. The van der Waals surface area contributed by atoms with E-state index >= 15 is 0 Å². The second kappa shape index (κ2) is 5.97. The van der Waals surface area contributed by atoms with Gasteiger partial charge in [-0.1, -0.05) is 0 Å². The quantitative estimate of drug-likeness (QED) is 0.796. The fraction of sp³-hybridized carbons (Fsp3) is 0.667. The molecule has 0 radical (unpaired) electrons. The molecule has 1 fully saturated rings. The van der Waals surface area contributed by atoms with Gasteiger partial charge in [0.15, 0.2) is 0 Å². The van der Waals surface area contributed by atoms with Crippen molar-refractivity contribution < 1.29 is 4.74 Å². The topological polar surface area (TPSA) is 59.4 Å². The molecule has 2 rings (SSSR count). The highest BCUT2D eigenvalue weighted by atomic mass is 16.5. The van der Waals surface area contributed by atoms with E-state index in [0.29, 0.717) is 19.8 Å². The van der Waals surface area contributed by atoms with Crippen molar-refractivity contribution in [3.05, 3.63) is 22.6 Å². The predicted molar refractivity (Wildman–Crippen MR) is 70.1 cm³/mol. The Morgan fingerprint density at radius 2 is 2.22 bits per heavy atom. The zero-order chi connectivity index (χ0) is 13.0. The maximum Gasteiger partial charge on any atom is 0.268 e. The van der Waals surface area contributed by atoms with Gasteiger partial charge in [0.05, 0.1) is 31.6 Å². The van der Waals surface area contributed by atoms with Gasteiger partial charge < -0.3 is 15.0 Å². The Labute approximate surface area is 107 Å². The lowest BCUT2D eigenvalue weighted by molar-refractivity contribution is 0.122. The summed E-state index contributed by atoms with van der Waals surface area (Å²) in [6.45, 7) is 5.65. The summed E-state index contributed by atoms with van der Waals surface area (Å²) in [7, 11) is 1.87. The summed E-state index contributed by atoms with van der Waals surface area (Å²) in [5.41, 5.74) is 0.831. The van der Waals surface area contributed by atoms with Crippen LogP contribution in [0.1, 0.15) is 6.92 Å². The minimum absolute atomic E-state index is 0.0545. The maximum atomic E-state index is 11.9. The van der Waals surface area contributed by atoms with Crippen LogP contribution in [-0.4, -0.2) is 49.2 Å². The van der Waals surface area contributed by atoms with Gasteiger partial charge in [0.1, 0.15) is 0 Å². The monoisotopic (exact) mass is 252 g/mol. The van der Waals surface area contributed by atoms with Crippen LogP contribution in [-0.2, 0) is 11.3 Å². The van der Waals surface area contributed by atoms with Crippen molar-refractivity contribution in [1.82, 2.24) is 15.1 Å². The molecule has 0 aromatic carbocycles. The van der Waals surface area contributed by atoms with Crippen molar-refractivity contribution in [1.29, 1.82) is 0 Å². The molecule has 1 atom stereocenters. The van der Waals surface area contributed by atoms with Crippen LogP contribution in [0.15, 0.2) is 17.1 Å². The Morgan fingerprint density at radius 1 is 1.50 bits per heavy atom. The molecule has 6 nitrogen and oxygen atoms in total. The van der Waals surface area contributed by atoms with Crippen LogP contribution in [0.3, 0.4) is 0 Å². The highest BCUT2D eigenvalue weighted by Crippen LogP contribution is 2.11. The molecule has 1 aliphatic rings. The summed E-state index contributed by atoms with van der Waals surface area (Å²) in [5.74, 6) is 0. The summed E-state index contributed by atoms with van der Waals surface area (Å²) >= 11 is 0. The molecule has 1 aromatic rings. The third kappa shape index (κ3) is 3.08. The van der Waals surface area contributed by atoms with E-state index < -0.39 is 0 Å². The van der Waals surface area contributed by atoms with E-state index in [0.717, 1.165) is 18.8 Å². The molecule has 0 aliphatic carbocycles. The van der Waals surface area contributed by atoms with Crippen LogP contribution in [0.5, 0.6) is 0 Å². The normalized spacial score (nSPS) is 17.8. The van der Waals surface area contributed by atoms with Crippen LogP contribution in [0.25, 0.3) is 0 Å². The van der Waals surface area contributed by atoms with Crippen LogP contribution < -0.4 is 15.8 Å². The van der Waals surface area contributed by atoms with Crippen molar-refractivity contribution in [2.24, 2.45) is 0 Å². The highest BCUT2D eigenvalue weighted by molar-refractivity contribution is 5.43. The molecule has 1 unspecified atom stereocenters. The summed E-state index contributed by atoms with van der Waals surface area (Å²) in [6.07, 6.45) is 1.76. The summed E-state index contributed by atoms with van der Waals surface area (Å²) < 4.78 is 6.78. The summed E-state index contributed by atoms with van der Waals surface area (Å²) in [6, 6.07) is 1.88. The molecule has 1 aliphatic heterocycles. The first-order valence-corrected chi connectivity index (χ1v) is 6.28. The molecule has 0 saturated carbocycles. The third-order valence-electron chi connectivity index (χ3n) is 3.17. The van der Waals surface area contributed by atoms with Crippen molar-refractivity contribution >= 4 is 5.69 Å². The van der Waals surface area contributed by atoms with Gasteiger partial charge in [0, 0.05) is 25.2 Å². The number of nitrogens with one attached hydrogen (secondary N) is 1. The van der Waals surface area contributed by atoms with Gasteiger partial charge in [-0.3, -0.25) is 4.79 Å². The van der Waals surface area contributed by atoms with Gasteiger partial charge in [-0.05, 0) is 14.0 Å². The van der Waals surface area contributed by atoms with Gasteiger partial charge in [-0.2, -0.15) is 5.10 Å². The highest BCUT2D eigenvalue weighted by Gasteiger charge is 2.13. The van der Waals surface area contributed by atoms with E-state index in [-0.39, 0.29) is 11.6 Å². The van der Waals surface area contributed by atoms with Gasteiger partial charge >= 0.3 is 0 Å². The lowest BCUT2D eigenvalue weighted by Gasteiger charge is -2.28. The van der Waals surface area contributed by atoms with Crippen molar-refractivity contribution in [2.75, 3.05) is 38.3 Å². The first kappa shape index (κ1) is 13.0. The molecule has 1 aromatic heterocycles. The minimum Gasteiger partial charge on any atom is -0.378 e. The van der Waals surface area contributed by atoms with E-state index in [1.807, 2.05) is 14.0 Å². The fourth-order valence-corrected chi connectivity index (χ4v) is 1.91. The molecular weight excluding hydrogens is 232 g/mol. The number of aromatic nitrogens is 2. The number of rotatable bonds is 4. The number of anilines is 1. The van der Waals surface area contributed by atoms with Crippen molar-refractivity contribution in [2.45, 2.75) is 19.5 Å². The Bertz CT molecular complexity index is 440. The van der Waals surface area contributed by atoms with E-state index in [9.17, 15) is 4.79 Å². The minimum atomic E-state index is -0.0545. The average molecular weight is 252 g/mol. The van der Waals surface area contributed by atoms with Crippen molar-refractivity contribution in [3.63, 3.8) is 0 Å². The van der Waals surface area contributed by atoms with Crippen molar-refractivity contribution in [3.8, 4) is 0 Å². The summed E-state index contributed by atoms with van der Waals surface area (Å²) in [5, 5.41) is 7.31. The second-order valence-electron chi connectivity index (χ2n) is 4.52. The number of hydrogen-bond acceptors (Lipinski definition) is 5. The molecule has 6 heteroatoms. The molecule has 2 heterocycles. The van der Waals surface area contributed by atoms with Crippen LogP contribution >= 0.6 is 0 Å². The number of ether oxygens (including phenoxy) is 1. The van der Waals surface area contributed by atoms with Crippen LogP contribution in [0, 0.1) is 0 Å². The largest absolute Gasteiger partial charge is 0.378 e. The lowest BCUT2D eigenvalue weighted by Crippen LogP contribution is -2.38. The number of morpholine rings is 1. The average Bonchev–Trinajstić information content (AvgIpc) is 2.42.